The lowest BCUT2D eigenvalue weighted by atomic mass is 9.93. The van der Waals surface area contributed by atoms with E-state index in [4.69, 9.17) is 0 Å². The van der Waals surface area contributed by atoms with Crippen molar-refractivity contribution >= 4 is 66.4 Å². The number of amides is 2. The summed E-state index contributed by atoms with van der Waals surface area (Å²) in [6.07, 6.45) is 4.79. The van der Waals surface area contributed by atoms with Crippen molar-refractivity contribution in [3.05, 3.63) is 56.9 Å². The minimum atomic E-state index is -0.472. The van der Waals surface area contributed by atoms with E-state index < -0.39 is 9.85 Å². The third-order valence-electron chi connectivity index (χ3n) is 5.40. The summed E-state index contributed by atoms with van der Waals surface area (Å²) in [5.41, 5.74) is -0.0905. The molecule has 2 atom stereocenters. The first-order chi connectivity index (χ1) is 18.7. The minimum absolute atomic E-state index is 0.0448. The molecule has 0 aliphatic rings. The highest BCUT2D eigenvalue weighted by Gasteiger charge is 2.20. The maximum atomic E-state index is 12.6. The van der Waals surface area contributed by atoms with Crippen LogP contribution in [0.5, 0.6) is 0 Å². The molecular formula is C23H30N6O6S4. The van der Waals surface area contributed by atoms with E-state index in [1.807, 2.05) is 13.8 Å². The summed E-state index contributed by atoms with van der Waals surface area (Å²) in [6.45, 7) is 4.59. The van der Waals surface area contributed by atoms with Crippen LogP contribution in [0.4, 0.5) is 11.4 Å². The summed E-state index contributed by atoms with van der Waals surface area (Å²) >= 11 is 0. The van der Waals surface area contributed by atoms with Gasteiger partial charge in [0.2, 0.25) is 11.8 Å². The van der Waals surface area contributed by atoms with Gasteiger partial charge in [0, 0.05) is 61.0 Å². The number of carbonyl (C=O) groups excluding carboxylic acids is 2. The number of rotatable bonds is 18. The van der Waals surface area contributed by atoms with Gasteiger partial charge in [0.1, 0.15) is 0 Å². The van der Waals surface area contributed by atoms with E-state index in [0.717, 1.165) is 0 Å². The van der Waals surface area contributed by atoms with Gasteiger partial charge in [-0.1, -0.05) is 35.4 Å². The average molecular weight is 615 g/mol. The van der Waals surface area contributed by atoms with Crippen LogP contribution in [0.2, 0.25) is 0 Å². The molecule has 2 amide bonds. The van der Waals surface area contributed by atoms with Crippen molar-refractivity contribution in [2.75, 3.05) is 24.6 Å². The number of nitrogens with one attached hydrogen (secondary N) is 2. The van der Waals surface area contributed by atoms with Crippen LogP contribution in [0, 0.1) is 32.1 Å². The quantitative estimate of drug-likeness (QED) is 0.0981. The Morgan fingerprint density at radius 3 is 1.82 bits per heavy atom. The van der Waals surface area contributed by atoms with Gasteiger partial charge in [-0.3, -0.25) is 29.8 Å². The first-order valence-corrected chi connectivity index (χ1v) is 16.7. The van der Waals surface area contributed by atoms with E-state index in [0.29, 0.717) is 53.9 Å². The molecule has 2 unspecified atom stereocenters. The molecule has 12 nitrogen and oxygen atoms in total. The SMILES string of the molecule is CCC(CCC(C)C(=O)NCCSSc1ncccc1[N+](=O)[O-])C(=O)NCCSSc1ncccc1[N+](=O)[O-]. The number of hydrogen-bond acceptors (Lipinski definition) is 12. The molecule has 212 valence electrons. The fourth-order valence-electron chi connectivity index (χ4n) is 3.22. The maximum Gasteiger partial charge on any atom is 0.302 e. The highest BCUT2D eigenvalue weighted by molar-refractivity contribution is 8.77. The second-order valence-corrected chi connectivity index (χ2v) is 13.0. The van der Waals surface area contributed by atoms with Gasteiger partial charge in [0.25, 0.3) is 0 Å². The molecule has 0 radical (unpaired) electrons. The molecule has 0 aliphatic carbocycles. The molecule has 39 heavy (non-hydrogen) atoms. The summed E-state index contributed by atoms with van der Waals surface area (Å²) < 4.78 is 0. The summed E-state index contributed by atoms with van der Waals surface area (Å²) in [5, 5.41) is 28.5. The Labute approximate surface area is 242 Å². The Morgan fingerprint density at radius 2 is 1.36 bits per heavy atom. The van der Waals surface area contributed by atoms with Crippen LogP contribution < -0.4 is 10.6 Å². The van der Waals surface area contributed by atoms with Crippen LogP contribution in [0.3, 0.4) is 0 Å². The van der Waals surface area contributed by atoms with Crippen molar-refractivity contribution in [1.29, 1.82) is 0 Å². The molecule has 2 aromatic heterocycles. The normalized spacial score (nSPS) is 12.4. The largest absolute Gasteiger partial charge is 0.355 e. The van der Waals surface area contributed by atoms with E-state index in [2.05, 4.69) is 20.6 Å². The first kappa shape index (κ1) is 32.7. The van der Waals surface area contributed by atoms with Crippen molar-refractivity contribution in [1.82, 2.24) is 20.6 Å². The molecule has 2 N–H and O–H groups in total. The van der Waals surface area contributed by atoms with E-state index >= 15 is 0 Å². The Kier molecular flexibility index (Phi) is 15.0. The van der Waals surface area contributed by atoms with E-state index in [9.17, 15) is 29.8 Å². The fraction of sp³-hybridized carbons (Fsp3) is 0.478. The summed E-state index contributed by atoms with van der Waals surface area (Å²) in [4.78, 5) is 54.2. The molecule has 0 saturated heterocycles. The van der Waals surface area contributed by atoms with Gasteiger partial charge < -0.3 is 10.6 Å². The van der Waals surface area contributed by atoms with E-state index in [-0.39, 0.29) is 35.0 Å². The Hall–Kier alpha value is -2.56. The molecule has 0 aliphatic heterocycles. The Morgan fingerprint density at radius 1 is 0.872 bits per heavy atom. The highest BCUT2D eigenvalue weighted by Crippen LogP contribution is 2.35. The minimum Gasteiger partial charge on any atom is -0.355 e. The van der Waals surface area contributed by atoms with Crippen molar-refractivity contribution in [2.45, 2.75) is 43.2 Å². The molecule has 0 fully saturated rings. The van der Waals surface area contributed by atoms with Gasteiger partial charge >= 0.3 is 11.4 Å². The lowest BCUT2D eigenvalue weighted by Crippen LogP contribution is -2.34. The molecule has 0 bridgehead atoms. The molecular weight excluding hydrogens is 585 g/mol. The third kappa shape index (κ3) is 11.6. The Bertz CT molecular complexity index is 1130. The van der Waals surface area contributed by atoms with Gasteiger partial charge in [-0.05, 0) is 53.0 Å². The molecule has 0 aromatic carbocycles. The smallest absolute Gasteiger partial charge is 0.302 e. The molecule has 0 saturated carbocycles. The van der Waals surface area contributed by atoms with Gasteiger partial charge in [0.05, 0.1) is 9.85 Å². The molecule has 2 heterocycles. The number of nitro groups is 2. The standard InChI is InChI=1S/C23H30N6O6S4/c1-3-17(21(31)25-13-15-37-39-23-19(29(34)35)7-5-11-27-23)9-8-16(2)20(30)24-12-14-36-38-22-18(28(32)33)6-4-10-26-22/h4-7,10-11,16-17H,3,8-9,12-15H2,1-2H3,(H,24,30)(H,25,31). The van der Waals surface area contributed by atoms with Crippen LogP contribution in [-0.4, -0.2) is 56.2 Å². The van der Waals surface area contributed by atoms with Crippen molar-refractivity contribution < 1.29 is 19.4 Å². The second kappa shape index (κ2) is 17.9. The lowest BCUT2D eigenvalue weighted by molar-refractivity contribution is -0.388. The average Bonchev–Trinajstić information content (AvgIpc) is 2.93. The van der Waals surface area contributed by atoms with Crippen molar-refractivity contribution in [2.24, 2.45) is 11.8 Å². The van der Waals surface area contributed by atoms with E-state index in [1.165, 1.54) is 79.8 Å². The number of aromatic nitrogens is 2. The summed E-state index contributed by atoms with van der Waals surface area (Å²) in [7, 11) is 5.16. The van der Waals surface area contributed by atoms with Crippen molar-refractivity contribution in [3.63, 3.8) is 0 Å². The van der Waals surface area contributed by atoms with Crippen LogP contribution in [0.1, 0.15) is 33.1 Å². The second-order valence-electron chi connectivity index (χ2n) is 8.15. The monoisotopic (exact) mass is 614 g/mol. The van der Waals surface area contributed by atoms with Gasteiger partial charge in [-0.15, -0.1) is 0 Å². The van der Waals surface area contributed by atoms with Crippen LogP contribution >= 0.6 is 43.2 Å². The van der Waals surface area contributed by atoms with Crippen LogP contribution in [0.15, 0.2) is 46.7 Å². The van der Waals surface area contributed by atoms with Crippen LogP contribution in [0.25, 0.3) is 0 Å². The maximum absolute atomic E-state index is 12.6. The zero-order chi connectivity index (χ0) is 28.6. The lowest BCUT2D eigenvalue weighted by Gasteiger charge is -2.17. The number of pyridine rings is 2. The molecule has 2 rings (SSSR count). The fourth-order valence-corrected chi connectivity index (χ4v) is 7.08. The topological polar surface area (TPSA) is 170 Å². The van der Waals surface area contributed by atoms with Gasteiger partial charge in [0.15, 0.2) is 10.1 Å². The predicted molar refractivity (Wildman–Crippen MR) is 157 cm³/mol. The molecule has 2 aromatic rings. The molecule has 0 spiro atoms. The van der Waals surface area contributed by atoms with Gasteiger partial charge in [-0.25, -0.2) is 9.97 Å². The van der Waals surface area contributed by atoms with Crippen molar-refractivity contribution in [3.8, 4) is 0 Å². The molecule has 16 heteroatoms. The van der Waals surface area contributed by atoms with Crippen LogP contribution in [-0.2, 0) is 9.59 Å². The number of hydrogen-bond donors (Lipinski definition) is 2. The zero-order valence-corrected chi connectivity index (χ0v) is 24.7. The zero-order valence-electron chi connectivity index (χ0n) is 21.4. The Balaban J connectivity index is 1.62. The first-order valence-electron chi connectivity index (χ1n) is 12.1. The third-order valence-corrected chi connectivity index (χ3v) is 9.98. The summed E-state index contributed by atoms with van der Waals surface area (Å²) in [6, 6.07) is 5.84. The van der Waals surface area contributed by atoms with Gasteiger partial charge in [-0.2, -0.15) is 0 Å². The number of nitrogens with zero attached hydrogens (tertiary/aromatic N) is 4. The summed E-state index contributed by atoms with van der Waals surface area (Å²) in [5.74, 6) is 0.469. The predicted octanol–water partition coefficient (Wildman–Crippen LogP) is 5.15. The van der Waals surface area contributed by atoms with E-state index in [1.54, 1.807) is 0 Å². The number of carbonyl (C=O) groups is 2. The highest BCUT2D eigenvalue weighted by atomic mass is 33.1.